The van der Waals surface area contributed by atoms with Crippen molar-refractivity contribution < 1.29 is 13.9 Å². The lowest BCUT2D eigenvalue weighted by Crippen LogP contribution is -2.28. The summed E-state index contributed by atoms with van der Waals surface area (Å²) in [6.45, 7) is 1.12. The number of hydrogen-bond donors (Lipinski definition) is 2. The fraction of sp³-hybridized carbons (Fsp3) is 0.286. The highest BCUT2D eigenvalue weighted by molar-refractivity contribution is 5.97. The first-order valence-corrected chi connectivity index (χ1v) is 6.02. The van der Waals surface area contributed by atoms with Gasteiger partial charge in [0.25, 0.3) is 5.91 Å². The molecule has 1 aromatic carbocycles. The van der Waals surface area contributed by atoms with E-state index in [0.717, 1.165) is 5.56 Å². The lowest BCUT2D eigenvalue weighted by molar-refractivity contribution is -0.117. The van der Waals surface area contributed by atoms with E-state index in [9.17, 15) is 9.18 Å². The summed E-state index contributed by atoms with van der Waals surface area (Å²) in [5, 5.41) is 14.3. The van der Waals surface area contributed by atoms with Crippen LogP contribution in [0, 0.1) is 17.1 Å². The molecule has 6 heteroatoms. The Hall–Kier alpha value is -2.39. The zero-order chi connectivity index (χ0) is 14.8. The molecule has 0 saturated carbocycles. The van der Waals surface area contributed by atoms with E-state index < -0.39 is 5.91 Å². The first-order valence-electron chi connectivity index (χ1n) is 6.02. The van der Waals surface area contributed by atoms with Crippen molar-refractivity contribution >= 4 is 5.91 Å². The number of carbonyl (C=O) groups excluding carboxylic acids is 1. The molecule has 1 aromatic rings. The van der Waals surface area contributed by atoms with E-state index in [1.165, 1.54) is 25.4 Å². The number of nitriles is 1. The van der Waals surface area contributed by atoms with Crippen molar-refractivity contribution in [3.8, 4) is 6.07 Å². The first kappa shape index (κ1) is 15.7. The molecule has 1 rings (SSSR count). The van der Waals surface area contributed by atoms with Gasteiger partial charge in [0.05, 0.1) is 6.61 Å². The van der Waals surface area contributed by atoms with Crippen LogP contribution in [0.4, 0.5) is 4.39 Å². The Balaban J connectivity index is 2.47. The van der Waals surface area contributed by atoms with E-state index in [1.807, 2.05) is 6.07 Å². The molecule has 1 amide bonds. The highest BCUT2D eigenvalue weighted by Gasteiger charge is 2.07. The van der Waals surface area contributed by atoms with E-state index in [2.05, 4.69) is 10.6 Å². The van der Waals surface area contributed by atoms with Crippen LogP contribution in [0.5, 0.6) is 0 Å². The van der Waals surface area contributed by atoms with Gasteiger partial charge in [-0.15, -0.1) is 0 Å². The summed E-state index contributed by atoms with van der Waals surface area (Å²) in [6.07, 6.45) is 1.34. The summed E-state index contributed by atoms with van der Waals surface area (Å²) in [7, 11) is 1.53. The highest BCUT2D eigenvalue weighted by Crippen LogP contribution is 2.02. The van der Waals surface area contributed by atoms with E-state index >= 15 is 0 Å². The number of rotatable bonds is 7. The standard InChI is InChI=1S/C14H16FN3O2/c1-20-7-6-18-14(19)12(8-16)10-17-9-11-2-4-13(15)5-3-11/h2-5,10,17H,6-7,9H2,1H3,(H,18,19)/b12-10-. The van der Waals surface area contributed by atoms with Gasteiger partial charge in [0.15, 0.2) is 0 Å². The van der Waals surface area contributed by atoms with Crippen LogP contribution in [0.3, 0.4) is 0 Å². The number of nitrogens with one attached hydrogen (secondary N) is 2. The van der Waals surface area contributed by atoms with Crippen LogP contribution in [-0.4, -0.2) is 26.2 Å². The van der Waals surface area contributed by atoms with E-state index in [-0.39, 0.29) is 11.4 Å². The molecule has 0 fully saturated rings. The zero-order valence-corrected chi connectivity index (χ0v) is 11.1. The number of carbonyl (C=O) groups is 1. The largest absolute Gasteiger partial charge is 0.386 e. The van der Waals surface area contributed by atoms with E-state index in [1.54, 1.807) is 12.1 Å². The maximum absolute atomic E-state index is 12.7. The minimum absolute atomic E-state index is 0.0248. The van der Waals surface area contributed by atoms with Crippen LogP contribution >= 0.6 is 0 Å². The van der Waals surface area contributed by atoms with Gasteiger partial charge in [-0.2, -0.15) is 5.26 Å². The molecule has 0 aliphatic heterocycles. The minimum Gasteiger partial charge on any atom is -0.386 e. The molecular weight excluding hydrogens is 261 g/mol. The maximum Gasteiger partial charge on any atom is 0.263 e. The van der Waals surface area contributed by atoms with Crippen LogP contribution < -0.4 is 10.6 Å². The molecule has 0 aromatic heterocycles. The number of methoxy groups -OCH3 is 1. The van der Waals surface area contributed by atoms with Gasteiger partial charge < -0.3 is 15.4 Å². The van der Waals surface area contributed by atoms with Gasteiger partial charge in [-0.3, -0.25) is 4.79 Å². The van der Waals surface area contributed by atoms with Crippen LogP contribution in [0.1, 0.15) is 5.56 Å². The third-order valence-corrected chi connectivity index (χ3v) is 2.42. The third kappa shape index (κ3) is 5.50. The number of ether oxygens (including phenoxy) is 1. The first-order chi connectivity index (χ1) is 9.67. The quantitative estimate of drug-likeness (QED) is 0.444. The second kappa shape index (κ2) is 8.67. The van der Waals surface area contributed by atoms with E-state index in [4.69, 9.17) is 10.00 Å². The molecule has 5 nitrogen and oxygen atoms in total. The number of benzene rings is 1. The van der Waals surface area contributed by atoms with Crippen molar-refractivity contribution in [3.63, 3.8) is 0 Å². The molecule has 106 valence electrons. The molecule has 0 radical (unpaired) electrons. The molecule has 20 heavy (non-hydrogen) atoms. The summed E-state index contributed by atoms with van der Waals surface area (Å²) in [6, 6.07) is 7.76. The second-order valence-corrected chi connectivity index (χ2v) is 3.93. The Labute approximate surface area is 117 Å². The molecule has 0 bridgehead atoms. The van der Waals surface area contributed by atoms with Gasteiger partial charge in [0, 0.05) is 26.4 Å². The smallest absolute Gasteiger partial charge is 0.263 e. The van der Waals surface area contributed by atoms with Crippen LogP contribution in [0.15, 0.2) is 36.0 Å². The Bertz CT molecular complexity index is 506. The zero-order valence-electron chi connectivity index (χ0n) is 11.1. The van der Waals surface area contributed by atoms with Gasteiger partial charge in [0.2, 0.25) is 0 Å². The molecule has 0 spiro atoms. The Kier molecular flexibility index (Phi) is 6.79. The average Bonchev–Trinajstić information content (AvgIpc) is 2.45. The predicted octanol–water partition coefficient (Wildman–Crippen LogP) is 1.09. The second-order valence-electron chi connectivity index (χ2n) is 3.93. The van der Waals surface area contributed by atoms with Crippen molar-refractivity contribution in [2.24, 2.45) is 0 Å². The van der Waals surface area contributed by atoms with Crippen LogP contribution in [-0.2, 0) is 16.1 Å². The van der Waals surface area contributed by atoms with Gasteiger partial charge in [0.1, 0.15) is 17.5 Å². The summed E-state index contributed by atoms with van der Waals surface area (Å²) >= 11 is 0. The summed E-state index contributed by atoms with van der Waals surface area (Å²) in [5.41, 5.74) is 0.822. The highest BCUT2D eigenvalue weighted by atomic mass is 19.1. The Morgan fingerprint density at radius 3 is 2.75 bits per heavy atom. The lowest BCUT2D eigenvalue weighted by Gasteiger charge is -2.04. The monoisotopic (exact) mass is 277 g/mol. The summed E-state index contributed by atoms with van der Waals surface area (Å²) in [4.78, 5) is 11.6. The molecule has 0 saturated heterocycles. The minimum atomic E-state index is -0.462. The molecular formula is C14H16FN3O2. The number of halogens is 1. The topological polar surface area (TPSA) is 74.1 Å². The average molecular weight is 277 g/mol. The predicted molar refractivity (Wildman–Crippen MR) is 71.8 cm³/mol. The third-order valence-electron chi connectivity index (χ3n) is 2.42. The molecule has 0 heterocycles. The van der Waals surface area contributed by atoms with Crippen molar-refractivity contribution in [2.45, 2.75) is 6.54 Å². The fourth-order valence-electron chi connectivity index (χ4n) is 1.38. The SMILES string of the molecule is COCCNC(=O)/C(C#N)=C\NCc1ccc(F)cc1. The normalized spacial score (nSPS) is 10.8. The van der Waals surface area contributed by atoms with Gasteiger partial charge >= 0.3 is 0 Å². The van der Waals surface area contributed by atoms with E-state index in [0.29, 0.717) is 19.7 Å². The number of hydrogen-bond acceptors (Lipinski definition) is 4. The van der Waals surface area contributed by atoms with Crippen LogP contribution in [0.2, 0.25) is 0 Å². The molecule has 0 atom stereocenters. The number of amides is 1. The van der Waals surface area contributed by atoms with Crippen LogP contribution in [0.25, 0.3) is 0 Å². The molecule has 2 N–H and O–H groups in total. The van der Waals surface area contributed by atoms with Crippen molar-refractivity contribution in [3.05, 3.63) is 47.4 Å². The summed E-state index contributed by atoms with van der Waals surface area (Å²) < 4.78 is 17.5. The number of nitrogens with zero attached hydrogens (tertiary/aromatic N) is 1. The van der Waals surface area contributed by atoms with Crippen molar-refractivity contribution in [1.82, 2.24) is 10.6 Å². The molecule has 0 aliphatic carbocycles. The van der Waals surface area contributed by atoms with Gasteiger partial charge in [-0.1, -0.05) is 12.1 Å². The Morgan fingerprint density at radius 2 is 2.15 bits per heavy atom. The Morgan fingerprint density at radius 1 is 1.45 bits per heavy atom. The lowest BCUT2D eigenvalue weighted by atomic mass is 10.2. The van der Waals surface area contributed by atoms with Gasteiger partial charge in [-0.05, 0) is 17.7 Å². The summed E-state index contributed by atoms with van der Waals surface area (Å²) in [5.74, 6) is -0.768. The van der Waals surface area contributed by atoms with Crippen molar-refractivity contribution in [2.75, 3.05) is 20.3 Å². The molecule has 0 unspecified atom stereocenters. The van der Waals surface area contributed by atoms with Crippen molar-refractivity contribution in [1.29, 1.82) is 5.26 Å². The maximum atomic E-state index is 12.7. The fourth-order valence-corrected chi connectivity index (χ4v) is 1.38. The van der Waals surface area contributed by atoms with Gasteiger partial charge in [-0.25, -0.2) is 4.39 Å². The molecule has 0 aliphatic rings.